The van der Waals surface area contributed by atoms with E-state index in [2.05, 4.69) is 0 Å². The molecule has 4 N–H and O–H groups in total. The largest absolute Gasteiger partial charge is 0.481 e. The predicted molar refractivity (Wildman–Crippen MR) is 66.4 cm³/mol. The summed E-state index contributed by atoms with van der Waals surface area (Å²) in [7, 11) is 0. The molecule has 0 aromatic heterocycles. The lowest BCUT2D eigenvalue weighted by molar-refractivity contribution is -0.138. The van der Waals surface area contributed by atoms with Gasteiger partial charge >= 0.3 is 11.9 Å². The number of hydrogen-bond donors (Lipinski definition) is 4. The Hall–Kier alpha value is -1.14. The van der Waals surface area contributed by atoms with Crippen molar-refractivity contribution < 1.29 is 30.0 Å². The second kappa shape index (κ2) is 15.9. The van der Waals surface area contributed by atoms with E-state index >= 15 is 0 Å². The zero-order valence-corrected chi connectivity index (χ0v) is 10.7. The minimum Gasteiger partial charge on any atom is -0.481 e. The van der Waals surface area contributed by atoms with Gasteiger partial charge in [0.2, 0.25) is 0 Å². The first-order valence-electron chi connectivity index (χ1n) is 6.20. The summed E-state index contributed by atoms with van der Waals surface area (Å²) in [6, 6.07) is 0. The van der Waals surface area contributed by atoms with Gasteiger partial charge in [-0.15, -0.1) is 0 Å². The summed E-state index contributed by atoms with van der Waals surface area (Å²) in [6.07, 6.45) is 4.72. The number of hydrogen-bond acceptors (Lipinski definition) is 4. The van der Waals surface area contributed by atoms with Crippen LogP contribution < -0.4 is 0 Å². The van der Waals surface area contributed by atoms with Crippen molar-refractivity contribution in [3.8, 4) is 0 Å². The summed E-state index contributed by atoms with van der Waals surface area (Å²) < 4.78 is 0. The van der Waals surface area contributed by atoms with Gasteiger partial charge in [-0.1, -0.05) is 12.8 Å². The molecule has 0 amide bonds. The Bertz CT molecular complexity index is 183. The van der Waals surface area contributed by atoms with Gasteiger partial charge in [0, 0.05) is 26.1 Å². The monoisotopic (exact) mass is 264 g/mol. The highest BCUT2D eigenvalue weighted by Crippen LogP contribution is 2.04. The van der Waals surface area contributed by atoms with E-state index in [1.54, 1.807) is 0 Å². The Kier molecular flexibility index (Phi) is 16.9. The molecule has 108 valence electrons. The average molecular weight is 264 g/mol. The number of carboxylic acid groups (broad SMARTS) is 2. The van der Waals surface area contributed by atoms with Crippen LogP contribution in [-0.4, -0.2) is 45.6 Å². The number of rotatable bonds is 10. The first-order valence-corrected chi connectivity index (χ1v) is 6.20. The van der Waals surface area contributed by atoms with Crippen LogP contribution in [0.15, 0.2) is 0 Å². The van der Waals surface area contributed by atoms with Crippen LogP contribution in [0.25, 0.3) is 0 Å². The van der Waals surface area contributed by atoms with Crippen LogP contribution >= 0.6 is 0 Å². The molecule has 0 rings (SSSR count). The van der Waals surface area contributed by atoms with Crippen molar-refractivity contribution in [2.24, 2.45) is 0 Å². The quantitative estimate of drug-likeness (QED) is 0.441. The summed E-state index contributed by atoms with van der Waals surface area (Å²) in [5, 5.41) is 32.7. The van der Waals surface area contributed by atoms with Gasteiger partial charge in [0.1, 0.15) is 0 Å². The van der Waals surface area contributed by atoms with Crippen molar-refractivity contribution in [2.75, 3.05) is 13.2 Å². The SMILES string of the molecule is O=C(O)CCCCCCC(=O)O.OCCCCO. The molecule has 0 aliphatic rings. The average Bonchev–Trinajstić information content (AvgIpc) is 2.31. The normalized spacial score (nSPS) is 9.44. The molecule has 18 heavy (non-hydrogen) atoms. The highest BCUT2D eigenvalue weighted by atomic mass is 16.4. The minimum absolute atomic E-state index is 0.188. The third kappa shape index (κ3) is 24.2. The van der Waals surface area contributed by atoms with E-state index < -0.39 is 11.9 Å². The minimum atomic E-state index is -0.784. The number of aliphatic hydroxyl groups is 2. The number of unbranched alkanes of at least 4 members (excludes halogenated alkanes) is 4. The number of aliphatic carboxylic acids is 2. The van der Waals surface area contributed by atoms with Gasteiger partial charge < -0.3 is 20.4 Å². The summed E-state index contributed by atoms with van der Waals surface area (Å²) in [5.41, 5.74) is 0. The van der Waals surface area contributed by atoms with Crippen LogP contribution in [0.2, 0.25) is 0 Å². The van der Waals surface area contributed by atoms with Crippen molar-refractivity contribution >= 4 is 11.9 Å². The highest BCUT2D eigenvalue weighted by molar-refractivity contribution is 5.66. The molecular formula is C12H24O6. The molecule has 6 nitrogen and oxygen atoms in total. The maximum atomic E-state index is 10.0. The second-order valence-electron chi connectivity index (χ2n) is 3.86. The molecule has 0 unspecified atom stereocenters. The standard InChI is InChI=1S/C8H14O4.C4H10O2/c9-7(10)5-3-1-2-4-6-8(11)12;5-3-1-2-4-6/h1-6H2,(H,9,10)(H,11,12);5-6H,1-4H2. The first kappa shape index (κ1) is 19.2. The van der Waals surface area contributed by atoms with Gasteiger partial charge in [-0.25, -0.2) is 0 Å². The predicted octanol–water partition coefficient (Wildman–Crippen LogP) is 1.25. The number of aliphatic hydroxyl groups excluding tert-OH is 2. The zero-order chi connectivity index (χ0) is 14.2. The van der Waals surface area contributed by atoms with Gasteiger partial charge in [-0.2, -0.15) is 0 Å². The Labute approximate surface area is 107 Å². The Morgan fingerprint density at radius 2 is 0.944 bits per heavy atom. The topological polar surface area (TPSA) is 115 Å². The van der Waals surface area contributed by atoms with E-state index in [1.807, 2.05) is 0 Å². The molecule has 0 spiro atoms. The molecule has 0 aliphatic heterocycles. The lowest BCUT2D eigenvalue weighted by atomic mass is 10.1. The van der Waals surface area contributed by atoms with Crippen molar-refractivity contribution in [3.05, 3.63) is 0 Å². The molecule has 0 aromatic rings. The summed E-state index contributed by atoms with van der Waals surface area (Å²) in [6.45, 7) is 0.390. The zero-order valence-electron chi connectivity index (χ0n) is 10.7. The maximum absolute atomic E-state index is 10.0. The van der Waals surface area contributed by atoms with E-state index in [4.69, 9.17) is 20.4 Å². The van der Waals surface area contributed by atoms with E-state index in [-0.39, 0.29) is 26.1 Å². The van der Waals surface area contributed by atoms with E-state index in [1.165, 1.54) is 0 Å². The van der Waals surface area contributed by atoms with E-state index in [9.17, 15) is 9.59 Å². The molecule has 0 saturated carbocycles. The van der Waals surface area contributed by atoms with E-state index in [0.717, 1.165) is 25.7 Å². The third-order valence-corrected chi connectivity index (χ3v) is 2.10. The van der Waals surface area contributed by atoms with Crippen LogP contribution in [0, 0.1) is 0 Å². The van der Waals surface area contributed by atoms with Gasteiger partial charge in [0.15, 0.2) is 0 Å². The van der Waals surface area contributed by atoms with Gasteiger partial charge in [0.25, 0.3) is 0 Å². The smallest absolute Gasteiger partial charge is 0.303 e. The van der Waals surface area contributed by atoms with Crippen LogP contribution in [0.1, 0.15) is 51.4 Å². The molecule has 0 aromatic carbocycles. The summed E-state index contributed by atoms with van der Waals surface area (Å²) >= 11 is 0. The highest BCUT2D eigenvalue weighted by Gasteiger charge is 1.98. The lowest BCUT2D eigenvalue weighted by Crippen LogP contribution is -1.95. The summed E-state index contributed by atoms with van der Waals surface area (Å²) in [5.74, 6) is -1.57. The molecular weight excluding hydrogens is 240 g/mol. The van der Waals surface area contributed by atoms with Gasteiger partial charge in [-0.05, 0) is 25.7 Å². The first-order chi connectivity index (χ1) is 8.54. The maximum Gasteiger partial charge on any atom is 0.303 e. The van der Waals surface area contributed by atoms with Crippen LogP contribution in [0.5, 0.6) is 0 Å². The van der Waals surface area contributed by atoms with Crippen LogP contribution in [0.4, 0.5) is 0 Å². The molecule has 0 atom stereocenters. The fourth-order valence-electron chi connectivity index (χ4n) is 1.13. The Balaban J connectivity index is 0. The molecule has 0 radical (unpaired) electrons. The van der Waals surface area contributed by atoms with Crippen molar-refractivity contribution in [3.63, 3.8) is 0 Å². The van der Waals surface area contributed by atoms with Gasteiger partial charge in [-0.3, -0.25) is 9.59 Å². The lowest BCUT2D eigenvalue weighted by Gasteiger charge is -1.96. The molecule has 6 heteroatoms. The molecule has 0 saturated heterocycles. The fraction of sp³-hybridized carbons (Fsp3) is 0.833. The Morgan fingerprint density at radius 1 is 0.611 bits per heavy atom. The van der Waals surface area contributed by atoms with Crippen LogP contribution in [-0.2, 0) is 9.59 Å². The van der Waals surface area contributed by atoms with Crippen molar-refractivity contribution in [1.29, 1.82) is 0 Å². The number of carboxylic acids is 2. The molecule has 0 heterocycles. The second-order valence-corrected chi connectivity index (χ2v) is 3.86. The molecule has 0 fully saturated rings. The van der Waals surface area contributed by atoms with Crippen molar-refractivity contribution in [2.45, 2.75) is 51.4 Å². The fourth-order valence-corrected chi connectivity index (χ4v) is 1.13. The number of carbonyl (C=O) groups is 2. The van der Waals surface area contributed by atoms with Gasteiger partial charge in [0.05, 0.1) is 0 Å². The van der Waals surface area contributed by atoms with E-state index in [0.29, 0.717) is 12.8 Å². The van der Waals surface area contributed by atoms with Crippen molar-refractivity contribution in [1.82, 2.24) is 0 Å². The summed E-state index contributed by atoms with van der Waals surface area (Å²) in [4.78, 5) is 20.1. The van der Waals surface area contributed by atoms with Crippen LogP contribution in [0.3, 0.4) is 0 Å². The Morgan fingerprint density at radius 3 is 1.17 bits per heavy atom. The molecule has 0 aliphatic carbocycles. The third-order valence-electron chi connectivity index (χ3n) is 2.10. The molecule has 0 bridgehead atoms.